The van der Waals surface area contributed by atoms with Crippen molar-refractivity contribution in [3.63, 3.8) is 0 Å². The first-order chi connectivity index (χ1) is 7.69. The Hall–Kier alpha value is -1.64. The molecule has 0 N–H and O–H groups in total. The highest BCUT2D eigenvalue weighted by Gasteiger charge is 1.99. The SMILES string of the molecule is CCC/C(C=O)=C(\C)N=c1ccccn1C. The van der Waals surface area contributed by atoms with Gasteiger partial charge in [-0.2, -0.15) is 0 Å². The van der Waals surface area contributed by atoms with E-state index >= 15 is 0 Å². The highest BCUT2D eigenvalue weighted by Crippen LogP contribution is 2.08. The predicted molar refractivity (Wildman–Crippen MR) is 64.6 cm³/mol. The minimum Gasteiger partial charge on any atom is -0.336 e. The Morgan fingerprint density at radius 2 is 2.25 bits per heavy atom. The molecule has 3 nitrogen and oxygen atoms in total. The minimum atomic E-state index is 0.784. The van der Waals surface area contributed by atoms with E-state index in [2.05, 4.69) is 11.9 Å². The predicted octanol–water partition coefficient (Wildman–Crippen LogP) is 2.20. The molecule has 1 heterocycles. The second kappa shape index (κ2) is 6.05. The fourth-order valence-corrected chi connectivity index (χ4v) is 1.47. The third kappa shape index (κ3) is 3.19. The summed E-state index contributed by atoms with van der Waals surface area (Å²) >= 11 is 0. The fourth-order valence-electron chi connectivity index (χ4n) is 1.47. The summed E-state index contributed by atoms with van der Waals surface area (Å²) in [7, 11) is 1.94. The maximum absolute atomic E-state index is 10.9. The van der Waals surface area contributed by atoms with Gasteiger partial charge in [-0.25, -0.2) is 4.99 Å². The lowest BCUT2D eigenvalue weighted by atomic mass is 10.1. The van der Waals surface area contributed by atoms with Gasteiger partial charge in [-0.1, -0.05) is 19.4 Å². The number of rotatable bonds is 4. The number of hydrogen-bond acceptors (Lipinski definition) is 2. The van der Waals surface area contributed by atoms with Gasteiger partial charge < -0.3 is 4.57 Å². The molecule has 0 aliphatic heterocycles. The van der Waals surface area contributed by atoms with Gasteiger partial charge in [-0.3, -0.25) is 4.79 Å². The van der Waals surface area contributed by atoms with Crippen LogP contribution in [0.2, 0.25) is 0 Å². The van der Waals surface area contributed by atoms with Crippen molar-refractivity contribution in [2.24, 2.45) is 12.0 Å². The molecule has 0 bridgehead atoms. The molecular formula is C13H18N2O. The number of aldehydes is 1. The van der Waals surface area contributed by atoms with Crippen LogP contribution in [0.5, 0.6) is 0 Å². The Labute approximate surface area is 96.1 Å². The highest BCUT2D eigenvalue weighted by atomic mass is 16.1. The molecule has 0 radical (unpaired) electrons. The molecule has 0 amide bonds. The van der Waals surface area contributed by atoms with Gasteiger partial charge in [0, 0.05) is 24.5 Å². The molecule has 16 heavy (non-hydrogen) atoms. The van der Waals surface area contributed by atoms with Crippen LogP contribution in [0.1, 0.15) is 26.7 Å². The van der Waals surface area contributed by atoms with Crippen molar-refractivity contribution in [2.75, 3.05) is 0 Å². The molecule has 0 saturated carbocycles. The largest absolute Gasteiger partial charge is 0.336 e. The van der Waals surface area contributed by atoms with E-state index in [4.69, 9.17) is 0 Å². The van der Waals surface area contributed by atoms with E-state index in [0.717, 1.165) is 35.9 Å². The van der Waals surface area contributed by atoms with Crippen LogP contribution in [0.15, 0.2) is 40.7 Å². The Bertz CT molecular complexity index is 455. The first-order valence-corrected chi connectivity index (χ1v) is 5.50. The van der Waals surface area contributed by atoms with Crippen LogP contribution in [0.25, 0.3) is 0 Å². The number of carbonyl (C=O) groups excluding carboxylic acids is 1. The molecule has 3 heteroatoms. The number of hydrogen-bond donors (Lipinski definition) is 0. The van der Waals surface area contributed by atoms with E-state index in [-0.39, 0.29) is 0 Å². The van der Waals surface area contributed by atoms with Crippen molar-refractivity contribution in [1.29, 1.82) is 0 Å². The highest BCUT2D eigenvalue weighted by molar-refractivity contribution is 5.74. The van der Waals surface area contributed by atoms with Gasteiger partial charge in [0.05, 0.1) is 0 Å². The average molecular weight is 218 g/mol. The minimum absolute atomic E-state index is 0.784. The molecule has 1 aromatic heterocycles. The molecule has 0 unspecified atom stereocenters. The summed E-state index contributed by atoms with van der Waals surface area (Å²) in [6.07, 6.45) is 4.59. The summed E-state index contributed by atoms with van der Waals surface area (Å²) in [5.74, 6) is 0. The van der Waals surface area contributed by atoms with Crippen LogP contribution in [-0.2, 0) is 11.8 Å². The van der Waals surface area contributed by atoms with Gasteiger partial charge in [-0.05, 0) is 25.5 Å². The molecule has 1 rings (SSSR count). The van der Waals surface area contributed by atoms with Gasteiger partial charge in [-0.15, -0.1) is 0 Å². The van der Waals surface area contributed by atoms with Gasteiger partial charge in [0.2, 0.25) is 0 Å². The molecule has 0 aliphatic carbocycles. The van der Waals surface area contributed by atoms with Crippen LogP contribution >= 0.6 is 0 Å². The van der Waals surface area contributed by atoms with Crippen molar-refractivity contribution in [1.82, 2.24) is 4.57 Å². The second-order valence-corrected chi connectivity index (χ2v) is 3.76. The van der Waals surface area contributed by atoms with E-state index in [1.165, 1.54) is 0 Å². The van der Waals surface area contributed by atoms with Crippen LogP contribution in [0.3, 0.4) is 0 Å². The Morgan fingerprint density at radius 1 is 1.50 bits per heavy atom. The van der Waals surface area contributed by atoms with Crippen LogP contribution in [0, 0.1) is 0 Å². The van der Waals surface area contributed by atoms with E-state index < -0.39 is 0 Å². The molecule has 0 fully saturated rings. The molecule has 86 valence electrons. The maximum atomic E-state index is 10.9. The second-order valence-electron chi connectivity index (χ2n) is 3.76. The zero-order valence-electron chi connectivity index (χ0n) is 10.1. The third-order valence-electron chi connectivity index (χ3n) is 2.44. The lowest BCUT2D eigenvalue weighted by molar-refractivity contribution is -0.105. The average Bonchev–Trinajstić information content (AvgIpc) is 2.29. The molecule has 0 saturated heterocycles. The number of aryl methyl sites for hydroxylation is 1. The van der Waals surface area contributed by atoms with Crippen molar-refractivity contribution >= 4 is 6.29 Å². The Morgan fingerprint density at radius 3 is 2.81 bits per heavy atom. The standard InChI is InChI=1S/C13H18N2O/c1-4-7-12(10-16)11(2)14-13-8-5-6-9-15(13)3/h5-6,8-10H,4,7H2,1-3H3/b12-11-,14-13?. The molecule has 0 atom stereocenters. The molecule has 1 aromatic rings. The normalized spacial score (nSPS) is 13.6. The molecule has 0 spiro atoms. The summed E-state index contributed by atoms with van der Waals surface area (Å²) in [6, 6.07) is 5.81. The van der Waals surface area contributed by atoms with Crippen molar-refractivity contribution in [3.8, 4) is 0 Å². The number of pyridine rings is 1. The van der Waals surface area contributed by atoms with Gasteiger partial charge in [0.15, 0.2) is 0 Å². The quantitative estimate of drug-likeness (QED) is 0.563. The smallest absolute Gasteiger partial charge is 0.147 e. The molecule has 0 aromatic carbocycles. The van der Waals surface area contributed by atoms with Crippen molar-refractivity contribution in [3.05, 3.63) is 41.2 Å². The lowest BCUT2D eigenvalue weighted by Gasteiger charge is -2.02. The van der Waals surface area contributed by atoms with Crippen molar-refractivity contribution in [2.45, 2.75) is 26.7 Å². The summed E-state index contributed by atoms with van der Waals surface area (Å²) < 4.78 is 1.93. The number of allylic oxidation sites excluding steroid dienone is 2. The summed E-state index contributed by atoms with van der Waals surface area (Å²) in [5.41, 5.74) is 2.44. The van der Waals surface area contributed by atoms with E-state index in [0.29, 0.717) is 0 Å². The van der Waals surface area contributed by atoms with Gasteiger partial charge in [0.1, 0.15) is 11.8 Å². The number of aromatic nitrogens is 1. The Balaban J connectivity index is 3.17. The topological polar surface area (TPSA) is 34.4 Å². The Kier molecular flexibility index (Phi) is 4.70. The molecular weight excluding hydrogens is 200 g/mol. The fraction of sp³-hybridized carbons (Fsp3) is 0.385. The first-order valence-electron chi connectivity index (χ1n) is 5.50. The van der Waals surface area contributed by atoms with Crippen LogP contribution < -0.4 is 5.49 Å². The molecule has 0 aliphatic rings. The van der Waals surface area contributed by atoms with E-state index in [9.17, 15) is 4.79 Å². The van der Waals surface area contributed by atoms with Crippen LogP contribution in [-0.4, -0.2) is 10.9 Å². The number of nitrogens with zero attached hydrogens (tertiary/aromatic N) is 2. The van der Waals surface area contributed by atoms with Gasteiger partial charge in [0.25, 0.3) is 0 Å². The van der Waals surface area contributed by atoms with Gasteiger partial charge >= 0.3 is 0 Å². The van der Waals surface area contributed by atoms with Crippen molar-refractivity contribution < 1.29 is 4.79 Å². The third-order valence-corrected chi connectivity index (χ3v) is 2.44. The van der Waals surface area contributed by atoms with E-state index in [1.807, 2.05) is 42.9 Å². The zero-order chi connectivity index (χ0) is 12.0. The summed E-state index contributed by atoms with van der Waals surface area (Å²) in [6.45, 7) is 3.94. The monoisotopic (exact) mass is 218 g/mol. The first kappa shape index (κ1) is 12.4. The summed E-state index contributed by atoms with van der Waals surface area (Å²) in [4.78, 5) is 15.3. The lowest BCUT2D eigenvalue weighted by Crippen LogP contribution is -2.16. The van der Waals surface area contributed by atoms with Crippen LogP contribution in [0.4, 0.5) is 0 Å². The van der Waals surface area contributed by atoms with E-state index in [1.54, 1.807) is 0 Å². The maximum Gasteiger partial charge on any atom is 0.147 e. The number of carbonyl (C=O) groups is 1. The zero-order valence-corrected chi connectivity index (χ0v) is 10.1. The summed E-state index contributed by atoms with van der Waals surface area (Å²) in [5, 5.41) is 0.